The van der Waals surface area contributed by atoms with E-state index in [1.807, 2.05) is 19.1 Å². The maximum atomic E-state index is 13.2. The number of methoxy groups -OCH3 is 2. The van der Waals surface area contributed by atoms with Crippen molar-refractivity contribution in [3.8, 4) is 5.75 Å². The molecule has 0 fully saturated rings. The summed E-state index contributed by atoms with van der Waals surface area (Å²) < 4.78 is 49.7. The summed E-state index contributed by atoms with van der Waals surface area (Å²) in [5.74, 6) is -0.939. The van der Waals surface area contributed by atoms with Crippen molar-refractivity contribution in [1.82, 2.24) is 4.90 Å². The third-order valence-electron chi connectivity index (χ3n) is 5.13. The lowest BCUT2D eigenvalue weighted by atomic mass is 9.98. The van der Waals surface area contributed by atoms with Gasteiger partial charge in [-0.15, -0.1) is 0 Å². The average molecular weight is 408 g/mol. The highest BCUT2D eigenvalue weighted by Gasteiger charge is 2.35. The fourth-order valence-electron chi connectivity index (χ4n) is 3.39. The molecule has 0 saturated heterocycles. The van der Waals surface area contributed by atoms with Gasteiger partial charge in [-0.2, -0.15) is 13.2 Å². The zero-order chi connectivity index (χ0) is 21.2. The van der Waals surface area contributed by atoms with Crippen LogP contribution in [0.15, 0.2) is 36.4 Å². The molecular weight excluding hydrogens is 385 g/mol. The van der Waals surface area contributed by atoms with Crippen LogP contribution in [-0.2, 0) is 23.9 Å². The Morgan fingerprint density at radius 1 is 1.14 bits per heavy atom. The SMILES string of the molecule is COc1ccc(C(=O)Nc2ccc3c(c2)CN(C(C)OC)CC3)cc1C(F)(F)F. The van der Waals surface area contributed by atoms with Crippen molar-refractivity contribution in [2.24, 2.45) is 0 Å². The maximum Gasteiger partial charge on any atom is 0.419 e. The topological polar surface area (TPSA) is 50.8 Å². The Bertz CT molecular complexity index is 899. The number of carbonyl (C=O) groups is 1. The number of carbonyl (C=O) groups excluding carboxylic acids is 1. The Morgan fingerprint density at radius 3 is 2.55 bits per heavy atom. The Balaban J connectivity index is 1.80. The molecule has 0 aliphatic carbocycles. The van der Waals surface area contributed by atoms with Crippen molar-refractivity contribution in [1.29, 1.82) is 0 Å². The summed E-state index contributed by atoms with van der Waals surface area (Å²) in [6, 6.07) is 8.82. The van der Waals surface area contributed by atoms with Crippen LogP contribution in [0.4, 0.5) is 18.9 Å². The first-order valence-corrected chi connectivity index (χ1v) is 9.18. The molecule has 1 aliphatic heterocycles. The van der Waals surface area contributed by atoms with Gasteiger partial charge in [0.05, 0.1) is 12.7 Å². The molecule has 0 aromatic heterocycles. The van der Waals surface area contributed by atoms with Gasteiger partial charge >= 0.3 is 6.18 Å². The lowest BCUT2D eigenvalue weighted by Crippen LogP contribution is -2.38. The first-order valence-electron chi connectivity index (χ1n) is 9.18. The molecule has 2 aromatic carbocycles. The molecule has 1 aliphatic rings. The molecule has 0 saturated carbocycles. The number of amides is 1. The number of ether oxygens (including phenoxy) is 2. The Morgan fingerprint density at radius 2 is 1.90 bits per heavy atom. The molecule has 156 valence electrons. The number of nitrogens with one attached hydrogen (secondary N) is 1. The quantitative estimate of drug-likeness (QED) is 0.801. The Kier molecular flexibility index (Phi) is 6.14. The van der Waals surface area contributed by atoms with Gasteiger partial charge in [-0.3, -0.25) is 9.69 Å². The van der Waals surface area contributed by atoms with Crippen LogP contribution in [0.25, 0.3) is 0 Å². The van der Waals surface area contributed by atoms with Gasteiger partial charge in [0.15, 0.2) is 0 Å². The predicted octanol–water partition coefficient (Wildman–Crippen LogP) is 4.32. The van der Waals surface area contributed by atoms with E-state index < -0.39 is 17.6 Å². The van der Waals surface area contributed by atoms with Crippen molar-refractivity contribution in [3.05, 3.63) is 58.7 Å². The van der Waals surface area contributed by atoms with Crippen LogP contribution in [0, 0.1) is 0 Å². The molecule has 1 heterocycles. The van der Waals surface area contributed by atoms with Crippen LogP contribution in [0.2, 0.25) is 0 Å². The number of hydrogen-bond donors (Lipinski definition) is 1. The summed E-state index contributed by atoms with van der Waals surface area (Å²) >= 11 is 0. The minimum atomic E-state index is -4.62. The minimum absolute atomic E-state index is 0.0264. The van der Waals surface area contributed by atoms with Gasteiger partial charge < -0.3 is 14.8 Å². The maximum absolute atomic E-state index is 13.2. The van der Waals surface area contributed by atoms with Crippen LogP contribution in [0.5, 0.6) is 5.75 Å². The lowest BCUT2D eigenvalue weighted by Gasteiger charge is -2.33. The number of nitrogens with zero attached hydrogens (tertiary/aromatic N) is 1. The third-order valence-corrected chi connectivity index (χ3v) is 5.13. The second-order valence-corrected chi connectivity index (χ2v) is 6.91. The number of halogens is 3. The van der Waals surface area contributed by atoms with Gasteiger partial charge in [0.1, 0.15) is 12.0 Å². The van der Waals surface area contributed by atoms with Gasteiger partial charge in [-0.1, -0.05) is 6.07 Å². The first-order chi connectivity index (χ1) is 13.7. The van der Waals surface area contributed by atoms with Crippen LogP contribution < -0.4 is 10.1 Å². The highest BCUT2D eigenvalue weighted by molar-refractivity contribution is 6.04. The zero-order valence-corrected chi connectivity index (χ0v) is 16.5. The normalized spacial score (nSPS) is 15.5. The molecule has 3 rings (SSSR count). The van der Waals surface area contributed by atoms with E-state index in [1.54, 1.807) is 13.2 Å². The van der Waals surface area contributed by atoms with Crippen LogP contribution >= 0.6 is 0 Å². The van der Waals surface area contributed by atoms with Crippen molar-refractivity contribution >= 4 is 11.6 Å². The largest absolute Gasteiger partial charge is 0.496 e. The van der Waals surface area contributed by atoms with Crippen LogP contribution in [-0.4, -0.2) is 37.8 Å². The van der Waals surface area contributed by atoms with Crippen LogP contribution in [0.3, 0.4) is 0 Å². The molecule has 1 N–H and O–H groups in total. The van der Waals surface area contributed by atoms with Crippen LogP contribution in [0.1, 0.15) is 34.0 Å². The van der Waals surface area contributed by atoms with Gasteiger partial charge in [-0.05, 0) is 54.8 Å². The summed E-state index contributed by atoms with van der Waals surface area (Å²) in [6.07, 6.45) is -3.78. The Labute approximate surface area is 167 Å². The van der Waals surface area contributed by atoms with Gasteiger partial charge in [0, 0.05) is 31.5 Å². The second kappa shape index (κ2) is 8.42. The molecule has 0 spiro atoms. The van der Waals surface area contributed by atoms with E-state index in [0.29, 0.717) is 12.2 Å². The number of anilines is 1. The number of fused-ring (bicyclic) bond motifs is 1. The highest BCUT2D eigenvalue weighted by atomic mass is 19.4. The van der Waals surface area contributed by atoms with Gasteiger partial charge in [-0.25, -0.2) is 0 Å². The molecule has 1 atom stereocenters. The summed E-state index contributed by atoms with van der Waals surface area (Å²) in [5, 5.41) is 2.69. The standard InChI is InChI=1S/C21H23F3N2O3/c1-13(28-2)26-9-8-14-4-6-17(10-16(14)12-26)25-20(27)15-5-7-19(29-3)18(11-15)21(22,23)24/h4-7,10-11,13H,8-9,12H2,1-3H3,(H,25,27). The average Bonchev–Trinajstić information content (AvgIpc) is 2.71. The molecule has 0 bridgehead atoms. The van der Waals surface area contributed by atoms with Crippen molar-refractivity contribution < 1.29 is 27.4 Å². The van der Waals surface area contributed by atoms with Crippen molar-refractivity contribution in [2.45, 2.75) is 32.3 Å². The van der Waals surface area contributed by atoms with E-state index in [9.17, 15) is 18.0 Å². The molecule has 5 nitrogen and oxygen atoms in total. The minimum Gasteiger partial charge on any atom is -0.496 e. The van der Waals surface area contributed by atoms with E-state index in [1.165, 1.54) is 11.6 Å². The Hall–Kier alpha value is -2.58. The summed E-state index contributed by atoms with van der Waals surface area (Å²) in [7, 11) is 2.81. The first kappa shape index (κ1) is 21.1. The molecule has 1 unspecified atom stereocenters. The van der Waals surface area contributed by atoms with Crippen molar-refractivity contribution in [3.63, 3.8) is 0 Å². The molecular formula is C21H23F3N2O3. The van der Waals surface area contributed by atoms with Crippen molar-refractivity contribution in [2.75, 3.05) is 26.1 Å². The number of alkyl halides is 3. The number of hydrogen-bond acceptors (Lipinski definition) is 4. The molecule has 8 heteroatoms. The van der Waals surface area contributed by atoms with Gasteiger partial charge in [0.2, 0.25) is 0 Å². The summed E-state index contributed by atoms with van der Waals surface area (Å²) in [6.45, 7) is 3.52. The van der Waals surface area contributed by atoms with E-state index >= 15 is 0 Å². The monoisotopic (exact) mass is 408 g/mol. The second-order valence-electron chi connectivity index (χ2n) is 6.91. The summed E-state index contributed by atoms with van der Waals surface area (Å²) in [4.78, 5) is 14.7. The van der Waals surface area contributed by atoms with E-state index in [-0.39, 0.29) is 17.5 Å². The number of rotatable bonds is 5. The van der Waals surface area contributed by atoms with Gasteiger partial charge in [0.25, 0.3) is 5.91 Å². The zero-order valence-electron chi connectivity index (χ0n) is 16.5. The highest BCUT2D eigenvalue weighted by Crippen LogP contribution is 2.36. The molecule has 0 radical (unpaired) electrons. The fraction of sp³-hybridized carbons (Fsp3) is 0.381. The molecule has 1 amide bonds. The third kappa shape index (κ3) is 4.71. The predicted molar refractivity (Wildman–Crippen MR) is 103 cm³/mol. The fourth-order valence-corrected chi connectivity index (χ4v) is 3.39. The number of benzene rings is 2. The van der Waals surface area contributed by atoms with E-state index in [4.69, 9.17) is 9.47 Å². The van der Waals surface area contributed by atoms with E-state index in [0.717, 1.165) is 37.8 Å². The molecule has 2 aromatic rings. The van der Waals surface area contributed by atoms with E-state index in [2.05, 4.69) is 10.2 Å². The molecule has 29 heavy (non-hydrogen) atoms. The summed E-state index contributed by atoms with van der Waals surface area (Å²) in [5.41, 5.74) is 1.70. The smallest absolute Gasteiger partial charge is 0.419 e. The lowest BCUT2D eigenvalue weighted by molar-refractivity contribution is -0.138.